The Labute approximate surface area is 114 Å². The van der Waals surface area contributed by atoms with Crippen molar-refractivity contribution in [2.45, 2.75) is 52.5 Å². The van der Waals surface area contributed by atoms with Gasteiger partial charge in [-0.2, -0.15) is 5.10 Å². The number of hydrogen-bond donors (Lipinski definition) is 1. The van der Waals surface area contributed by atoms with Crippen molar-refractivity contribution in [1.82, 2.24) is 14.8 Å². The van der Waals surface area contributed by atoms with Crippen LogP contribution in [0.2, 0.25) is 0 Å². The summed E-state index contributed by atoms with van der Waals surface area (Å²) in [5, 5.41) is 13.7. The minimum Gasteiger partial charge on any atom is -0.481 e. The van der Waals surface area contributed by atoms with Gasteiger partial charge in [0.25, 0.3) is 0 Å². The van der Waals surface area contributed by atoms with E-state index >= 15 is 0 Å². The maximum Gasteiger partial charge on any atom is 0.307 e. The summed E-state index contributed by atoms with van der Waals surface area (Å²) in [4.78, 5) is 15.7. The SMILES string of the molecule is CC(C)Cn1ncnc1CC(C(=O)O)C1CCCC1. The summed E-state index contributed by atoms with van der Waals surface area (Å²) in [6.07, 6.45) is 6.43. The topological polar surface area (TPSA) is 68.0 Å². The van der Waals surface area contributed by atoms with Gasteiger partial charge in [-0.05, 0) is 24.7 Å². The fraction of sp³-hybridized carbons (Fsp3) is 0.786. The van der Waals surface area contributed by atoms with Gasteiger partial charge in [0.05, 0.1) is 5.92 Å². The number of nitrogens with zero attached hydrogens (tertiary/aromatic N) is 3. The lowest BCUT2D eigenvalue weighted by Crippen LogP contribution is -2.26. The Morgan fingerprint density at radius 1 is 1.47 bits per heavy atom. The third kappa shape index (κ3) is 3.55. The van der Waals surface area contributed by atoms with Gasteiger partial charge in [0.1, 0.15) is 12.2 Å². The zero-order valence-electron chi connectivity index (χ0n) is 11.7. The molecule has 1 aliphatic carbocycles. The third-order valence-corrected chi connectivity index (χ3v) is 3.92. The van der Waals surface area contributed by atoms with E-state index in [0.29, 0.717) is 18.3 Å². The lowest BCUT2D eigenvalue weighted by molar-refractivity contribution is -0.143. The molecule has 0 spiro atoms. The minimum absolute atomic E-state index is 0.307. The van der Waals surface area contributed by atoms with E-state index in [1.807, 2.05) is 4.68 Å². The highest BCUT2D eigenvalue weighted by atomic mass is 16.4. The van der Waals surface area contributed by atoms with Crippen molar-refractivity contribution in [3.05, 3.63) is 12.2 Å². The molecule has 0 radical (unpaired) electrons. The molecule has 1 aromatic rings. The molecule has 19 heavy (non-hydrogen) atoms. The summed E-state index contributed by atoms with van der Waals surface area (Å²) >= 11 is 0. The molecule has 1 heterocycles. The van der Waals surface area contributed by atoms with Gasteiger partial charge >= 0.3 is 5.97 Å². The van der Waals surface area contributed by atoms with E-state index in [1.54, 1.807) is 0 Å². The van der Waals surface area contributed by atoms with Crippen molar-refractivity contribution >= 4 is 5.97 Å². The molecule has 0 aliphatic heterocycles. The normalized spacial score (nSPS) is 18.1. The molecule has 1 unspecified atom stereocenters. The van der Waals surface area contributed by atoms with Crippen molar-refractivity contribution in [2.24, 2.45) is 17.8 Å². The maximum absolute atomic E-state index is 11.5. The average Bonchev–Trinajstić information content (AvgIpc) is 2.96. The van der Waals surface area contributed by atoms with E-state index in [-0.39, 0.29) is 5.92 Å². The molecule has 1 aromatic heterocycles. The highest BCUT2D eigenvalue weighted by Gasteiger charge is 2.31. The van der Waals surface area contributed by atoms with Crippen LogP contribution < -0.4 is 0 Å². The van der Waals surface area contributed by atoms with E-state index in [2.05, 4.69) is 23.9 Å². The Morgan fingerprint density at radius 2 is 2.16 bits per heavy atom. The first-order valence-corrected chi connectivity index (χ1v) is 7.17. The second kappa shape index (κ2) is 6.17. The first-order chi connectivity index (χ1) is 9.08. The van der Waals surface area contributed by atoms with Gasteiger partial charge in [-0.25, -0.2) is 9.67 Å². The van der Waals surface area contributed by atoms with Gasteiger partial charge in [-0.3, -0.25) is 4.79 Å². The summed E-state index contributed by atoms with van der Waals surface area (Å²) in [5.41, 5.74) is 0. The van der Waals surface area contributed by atoms with E-state index in [4.69, 9.17) is 0 Å². The largest absolute Gasteiger partial charge is 0.481 e. The van der Waals surface area contributed by atoms with E-state index < -0.39 is 5.97 Å². The van der Waals surface area contributed by atoms with Gasteiger partial charge in [-0.15, -0.1) is 0 Å². The van der Waals surface area contributed by atoms with Crippen LogP contribution in [0.5, 0.6) is 0 Å². The van der Waals surface area contributed by atoms with Crippen molar-refractivity contribution in [2.75, 3.05) is 0 Å². The minimum atomic E-state index is -0.689. The Hall–Kier alpha value is -1.39. The van der Waals surface area contributed by atoms with Gasteiger partial charge in [-0.1, -0.05) is 26.7 Å². The molecule has 0 amide bonds. The monoisotopic (exact) mass is 265 g/mol. The van der Waals surface area contributed by atoms with E-state index in [1.165, 1.54) is 6.33 Å². The molecule has 1 fully saturated rings. The van der Waals surface area contributed by atoms with Crippen molar-refractivity contribution in [1.29, 1.82) is 0 Å². The van der Waals surface area contributed by atoms with Gasteiger partial charge in [0.2, 0.25) is 0 Å². The van der Waals surface area contributed by atoms with Crippen LogP contribution in [0.25, 0.3) is 0 Å². The summed E-state index contributed by atoms with van der Waals surface area (Å²) < 4.78 is 1.86. The smallest absolute Gasteiger partial charge is 0.307 e. The number of rotatable bonds is 6. The Bertz CT molecular complexity index is 422. The predicted octanol–water partition coefficient (Wildman–Crippen LogP) is 2.37. The van der Waals surface area contributed by atoms with Crippen LogP contribution in [0.1, 0.15) is 45.4 Å². The molecule has 5 heteroatoms. The quantitative estimate of drug-likeness (QED) is 0.857. The number of carboxylic acids is 1. The molecular weight excluding hydrogens is 242 g/mol. The van der Waals surface area contributed by atoms with Gasteiger partial charge in [0.15, 0.2) is 0 Å². The molecular formula is C14H23N3O2. The van der Waals surface area contributed by atoms with E-state index in [9.17, 15) is 9.90 Å². The molecule has 2 rings (SSSR count). The van der Waals surface area contributed by atoms with Crippen molar-refractivity contribution in [3.63, 3.8) is 0 Å². The van der Waals surface area contributed by atoms with Gasteiger partial charge in [0, 0.05) is 13.0 Å². The molecule has 1 saturated carbocycles. The highest BCUT2D eigenvalue weighted by Crippen LogP contribution is 2.33. The standard InChI is InChI=1S/C14H23N3O2/c1-10(2)8-17-13(15-9-16-17)7-12(14(18)19)11-5-3-4-6-11/h9-12H,3-8H2,1-2H3,(H,18,19). The maximum atomic E-state index is 11.5. The molecule has 0 aromatic carbocycles. The zero-order valence-corrected chi connectivity index (χ0v) is 11.7. The summed E-state index contributed by atoms with van der Waals surface area (Å²) in [6, 6.07) is 0. The molecule has 0 saturated heterocycles. The summed E-state index contributed by atoms with van der Waals surface area (Å²) in [7, 11) is 0. The van der Waals surface area contributed by atoms with Crippen LogP contribution in [-0.2, 0) is 17.8 Å². The Morgan fingerprint density at radius 3 is 2.74 bits per heavy atom. The molecule has 1 aliphatic rings. The number of aliphatic carboxylic acids is 1. The number of carbonyl (C=O) groups is 1. The molecule has 0 bridgehead atoms. The lowest BCUT2D eigenvalue weighted by atomic mass is 9.88. The first kappa shape index (κ1) is 14.0. The fourth-order valence-corrected chi connectivity index (χ4v) is 2.96. The van der Waals surface area contributed by atoms with Crippen LogP contribution >= 0.6 is 0 Å². The molecule has 5 nitrogen and oxygen atoms in total. The summed E-state index contributed by atoms with van der Waals surface area (Å²) in [6.45, 7) is 5.04. The second-order valence-corrected chi connectivity index (χ2v) is 5.95. The Balaban J connectivity index is 2.08. The number of carboxylic acid groups (broad SMARTS) is 1. The highest BCUT2D eigenvalue weighted by molar-refractivity contribution is 5.70. The van der Waals surface area contributed by atoms with Crippen molar-refractivity contribution < 1.29 is 9.90 Å². The van der Waals surface area contributed by atoms with Crippen LogP contribution in [0.3, 0.4) is 0 Å². The van der Waals surface area contributed by atoms with Crippen LogP contribution in [-0.4, -0.2) is 25.8 Å². The molecule has 106 valence electrons. The zero-order chi connectivity index (χ0) is 13.8. The fourth-order valence-electron chi connectivity index (χ4n) is 2.96. The van der Waals surface area contributed by atoms with Crippen LogP contribution in [0.4, 0.5) is 0 Å². The van der Waals surface area contributed by atoms with Gasteiger partial charge < -0.3 is 5.11 Å². The average molecular weight is 265 g/mol. The number of hydrogen-bond acceptors (Lipinski definition) is 3. The lowest BCUT2D eigenvalue weighted by Gasteiger charge is -2.19. The Kier molecular flexibility index (Phi) is 4.56. The molecule has 1 N–H and O–H groups in total. The van der Waals surface area contributed by atoms with Crippen molar-refractivity contribution in [3.8, 4) is 0 Å². The first-order valence-electron chi connectivity index (χ1n) is 7.17. The van der Waals surface area contributed by atoms with Crippen LogP contribution in [0, 0.1) is 17.8 Å². The number of aromatic nitrogens is 3. The predicted molar refractivity (Wildman–Crippen MR) is 71.6 cm³/mol. The molecule has 1 atom stereocenters. The van der Waals surface area contributed by atoms with Crippen LogP contribution in [0.15, 0.2) is 6.33 Å². The van der Waals surface area contributed by atoms with E-state index in [0.717, 1.165) is 38.1 Å². The summed E-state index contributed by atoms with van der Waals surface area (Å²) in [5.74, 6) is 0.605. The third-order valence-electron chi connectivity index (χ3n) is 3.92. The second-order valence-electron chi connectivity index (χ2n) is 5.95.